The first kappa shape index (κ1) is 19.5. The minimum Gasteiger partial charge on any atom is -0.331 e. The maximum Gasteiger partial charge on any atom is 0.290 e. The standard InChI is InChI=1S/C20H21N5O2S/c1-3-12-25-19(27)15-10-6-5-9-14(15)17(24-25)18(26)22-23-20(28)21-16-11-7-4-8-13(16)2/h4-11H,3,12H2,1-2H3,(H,22,26)(H2,21,23,28). The number of carbonyl (C=O) groups excluding carboxylic acids is 1. The van der Waals surface area contributed by atoms with Gasteiger partial charge in [0.2, 0.25) is 0 Å². The number of hydrazine groups is 1. The summed E-state index contributed by atoms with van der Waals surface area (Å²) in [5.74, 6) is -0.477. The highest BCUT2D eigenvalue weighted by Gasteiger charge is 2.16. The van der Waals surface area contributed by atoms with Gasteiger partial charge in [-0.3, -0.25) is 20.4 Å². The minimum atomic E-state index is -0.477. The molecule has 7 nitrogen and oxygen atoms in total. The third-order valence-electron chi connectivity index (χ3n) is 4.20. The summed E-state index contributed by atoms with van der Waals surface area (Å²) in [4.78, 5) is 25.2. The van der Waals surface area contributed by atoms with Crippen molar-refractivity contribution >= 4 is 39.7 Å². The third kappa shape index (κ3) is 4.17. The lowest BCUT2D eigenvalue weighted by molar-refractivity contribution is 0.0938. The predicted molar refractivity (Wildman–Crippen MR) is 114 cm³/mol. The Morgan fingerprint density at radius 1 is 1.07 bits per heavy atom. The van der Waals surface area contributed by atoms with Crippen LogP contribution in [0.4, 0.5) is 5.69 Å². The predicted octanol–water partition coefficient (Wildman–Crippen LogP) is 2.75. The number of rotatable bonds is 4. The molecule has 0 bridgehead atoms. The van der Waals surface area contributed by atoms with E-state index in [4.69, 9.17) is 12.2 Å². The van der Waals surface area contributed by atoms with Crippen LogP contribution in [0.25, 0.3) is 10.8 Å². The van der Waals surface area contributed by atoms with Gasteiger partial charge in [-0.15, -0.1) is 0 Å². The van der Waals surface area contributed by atoms with Crippen LogP contribution in [-0.4, -0.2) is 20.8 Å². The van der Waals surface area contributed by atoms with Crippen molar-refractivity contribution in [3.05, 3.63) is 70.1 Å². The van der Waals surface area contributed by atoms with Crippen molar-refractivity contribution in [3.8, 4) is 0 Å². The monoisotopic (exact) mass is 395 g/mol. The van der Waals surface area contributed by atoms with Gasteiger partial charge < -0.3 is 5.32 Å². The van der Waals surface area contributed by atoms with Crippen molar-refractivity contribution in [2.24, 2.45) is 0 Å². The zero-order chi connectivity index (χ0) is 20.1. The van der Waals surface area contributed by atoms with E-state index in [1.165, 1.54) is 4.68 Å². The molecule has 0 atom stereocenters. The lowest BCUT2D eigenvalue weighted by Gasteiger charge is -2.14. The molecule has 0 saturated heterocycles. The molecular formula is C20H21N5O2S. The normalized spacial score (nSPS) is 10.5. The van der Waals surface area contributed by atoms with E-state index in [1.807, 2.05) is 38.1 Å². The Labute approximate surface area is 167 Å². The Morgan fingerprint density at radius 2 is 1.75 bits per heavy atom. The molecule has 28 heavy (non-hydrogen) atoms. The van der Waals surface area contributed by atoms with Gasteiger partial charge in [0.05, 0.1) is 5.39 Å². The number of carbonyl (C=O) groups is 1. The summed E-state index contributed by atoms with van der Waals surface area (Å²) in [6.07, 6.45) is 0.731. The number of amides is 1. The first-order valence-electron chi connectivity index (χ1n) is 8.94. The third-order valence-corrected chi connectivity index (χ3v) is 4.41. The molecule has 3 aromatic rings. The summed E-state index contributed by atoms with van der Waals surface area (Å²) in [6, 6.07) is 14.6. The highest BCUT2D eigenvalue weighted by molar-refractivity contribution is 7.80. The first-order chi connectivity index (χ1) is 13.5. The Kier molecular flexibility index (Phi) is 6.00. The van der Waals surface area contributed by atoms with E-state index in [-0.39, 0.29) is 16.4 Å². The molecule has 0 aliphatic carbocycles. The molecule has 0 unspecified atom stereocenters. The molecule has 1 aromatic heterocycles. The van der Waals surface area contributed by atoms with Crippen LogP contribution < -0.4 is 21.7 Å². The number of aromatic nitrogens is 2. The summed E-state index contributed by atoms with van der Waals surface area (Å²) in [6.45, 7) is 4.33. The minimum absolute atomic E-state index is 0.162. The number of fused-ring (bicyclic) bond motifs is 1. The second-order valence-electron chi connectivity index (χ2n) is 6.27. The Balaban J connectivity index is 1.80. The van der Waals surface area contributed by atoms with Crippen molar-refractivity contribution in [1.82, 2.24) is 20.6 Å². The van der Waals surface area contributed by atoms with Gasteiger partial charge >= 0.3 is 0 Å². The lowest BCUT2D eigenvalue weighted by atomic mass is 10.1. The fourth-order valence-electron chi connectivity index (χ4n) is 2.81. The molecule has 0 saturated carbocycles. The number of thiocarbonyl (C=S) groups is 1. The van der Waals surface area contributed by atoms with Gasteiger partial charge in [0.1, 0.15) is 0 Å². The van der Waals surface area contributed by atoms with Crippen LogP contribution in [0.3, 0.4) is 0 Å². The van der Waals surface area contributed by atoms with Crippen LogP contribution in [0.5, 0.6) is 0 Å². The van der Waals surface area contributed by atoms with Gasteiger partial charge in [0.15, 0.2) is 10.8 Å². The molecule has 0 aliphatic heterocycles. The van der Waals surface area contributed by atoms with Crippen molar-refractivity contribution in [3.63, 3.8) is 0 Å². The Morgan fingerprint density at radius 3 is 2.46 bits per heavy atom. The van der Waals surface area contributed by atoms with Gasteiger partial charge in [-0.05, 0) is 43.3 Å². The SMILES string of the molecule is CCCn1nc(C(=O)NNC(=S)Nc2ccccc2C)c2ccccc2c1=O. The van der Waals surface area contributed by atoms with Crippen LogP contribution in [0.2, 0.25) is 0 Å². The highest BCUT2D eigenvalue weighted by Crippen LogP contribution is 2.14. The molecule has 2 aromatic carbocycles. The van der Waals surface area contributed by atoms with E-state index < -0.39 is 5.91 Å². The lowest BCUT2D eigenvalue weighted by Crippen LogP contribution is -2.44. The van der Waals surface area contributed by atoms with Crippen LogP contribution in [0, 0.1) is 6.92 Å². The number of nitrogens with zero attached hydrogens (tertiary/aromatic N) is 2. The van der Waals surface area contributed by atoms with Gasteiger partial charge in [0, 0.05) is 17.6 Å². The van der Waals surface area contributed by atoms with Crippen LogP contribution in [0.15, 0.2) is 53.3 Å². The van der Waals surface area contributed by atoms with Crippen molar-refractivity contribution in [2.45, 2.75) is 26.8 Å². The molecule has 1 amide bonds. The van der Waals surface area contributed by atoms with Gasteiger partial charge in [0.25, 0.3) is 11.5 Å². The second-order valence-corrected chi connectivity index (χ2v) is 6.68. The van der Waals surface area contributed by atoms with Crippen molar-refractivity contribution in [1.29, 1.82) is 0 Å². The molecule has 0 radical (unpaired) electrons. The number of benzene rings is 2. The van der Waals surface area contributed by atoms with E-state index in [0.29, 0.717) is 17.3 Å². The summed E-state index contributed by atoms with van der Waals surface area (Å²) in [5.41, 5.74) is 7.05. The van der Waals surface area contributed by atoms with E-state index in [1.54, 1.807) is 24.3 Å². The number of para-hydroxylation sites is 1. The van der Waals surface area contributed by atoms with Gasteiger partial charge in [-0.2, -0.15) is 5.10 Å². The molecule has 0 aliphatic rings. The van der Waals surface area contributed by atoms with Gasteiger partial charge in [-0.25, -0.2) is 4.68 Å². The zero-order valence-electron chi connectivity index (χ0n) is 15.7. The Bertz CT molecular complexity index is 1090. The molecular weight excluding hydrogens is 374 g/mol. The molecule has 0 fully saturated rings. The molecule has 144 valence electrons. The fourth-order valence-corrected chi connectivity index (χ4v) is 2.97. The maximum atomic E-state index is 12.7. The molecule has 3 rings (SSSR count). The van der Waals surface area contributed by atoms with E-state index in [0.717, 1.165) is 17.7 Å². The van der Waals surface area contributed by atoms with Crippen molar-refractivity contribution < 1.29 is 4.79 Å². The molecule has 1 heterocycles. The summed E-state index contributed by atoms with van der Waals surface area (Å²) >= 11 is 5.24. The fraction of sp³-hybridized carbons (Fsp3) is 0.200. The smallest absolute Gasteiger partial charge is 0.290 e. The number of nitrogens with one attached hydrogen (secondary N) is 3. The van der Waals surface area contributed by atoms with E-state index in [9.17, 15) is 9.59 Å². The van der Waals surface area contributed by atoms with Crippen molar-refractivity contribution in [2.75, 3.05) is 5.32 Å². The van der Waals surface area contributed by atoms with E-state index in [2.05, 4.69) is 21.3 Å². The summed E-state index contributed by atoms with van der Waals surface area (Å²) in [7, 11) is 0. The van der Waals surface area contributed by atoms with Gasteiger partial charge in [-0.1, -0.05) is 43.3 Å². The average molecular weight is 395 g/mol. The quantitative estimate of drug-likeness (QED) is 0.465. The van der Waals surface area contributed by atoms with E-state index >= 15 is 0 Å². The molecule has 0 spiro atoms. The van der Waals surface area contributed by atoms with Crippen LogP contribution >= 0.6 is 12.2 Å². The number of anilines is 1. The number of aryl methyl sites for hydroxylation is 2. The summed E-state index contributed by atoms with van der Waals surface area (Å²) in [5, 5.41) is 8.48. The van der Waals surface area contributed by atoms with Crippen LogP contribution in [-0.2, 0) is 6.54 Å². The Hall–Kier alpha value is -3.26. The average Bonchev–Trinajstić information content (AvgIpc) is 2.70. The largest absolute Gasteiger partial charge is 0.331 e. The molecule has 8 heteroatoms. The van der Waals surface area contributed by atoms with Crippen LogP contribution in [0.1, 0.15) is 29.4 Å². The first-order valence-corrected chi connectivity index (χ1v) is 9.35. The highest BCUT2D eigenvalue weighted by atomic mass is 32.1. The molecule has 3 N–H and O–H groups in total. The number of hydrogen-bond donors (Lipinski definition) is 3. The maximum absolute atomic E-state index is 12.7. The zero-order valence-corrected chi connectivity index (χ0v) is 16.5. The number of hydrogen-bond acceptors (Lipinski definition) is 4. The summed E-state index contributed by atoms with van der Waals surface area (Å²) < 4.78 is 1.32. The second kappa shape index (κ2) is 8.62. The topological polar surface area (TPSA) is 88.1 Å².